The van der Waals surface area contributed by atoms with Gasteiger partial charge in [0.15, 0.2) is 0 Å². The highest BCUT2D eigenvalue weighted by molar-refractivity contribution is 5.83. The zero-order chi connectivity index (χ0) is 18.6. The van der Waals surface area contributed by atoms with E-state index in [1.807, 2.05) is 4.90 Å². The molecule has 2 heterocycles. The van der Waals surface area contributed by atoms with Gasteiger partial charge in [0.25, 0.3) is 0 Å². The van der Waals surface area contributed by atoms with Crippen LogP contribution in [-0.2, 0) is 17.5 Å². The number of halogens is 3. The lowest BCUT2D eigenvalue weighted by atomic mass is 10.1. The second-order valence-electron chi connectivity index (χ2n) is 6.13. The number of rotatable bonds is 6. The van der Waals surface area contributed by atoms with Crippen molar-refractivity contribution in [3.8, 4) is 0 Å². The monoisotopic (exact) mass is 367 g/mol. The number of hydrogen-bond acceptors (Lipinski definition) is 4. The van der Waals surface area contributed by atoms with Crippen molar-refractivity contribution < 1.29 is 22.4 Å². The summed E-state index contributed by atoms with van der Waals surface area (Å²) in [6, 6.07) is 7.05. The molecule has 0 atom stereocenters. The summed E-state index contributed by atoms with van der Waals surface area (Å²) in [5.41, 5.74) is 0.267. The molecule has 8 heteroatoms. The third kappa shape index (κ3) is 4.50. The second-order valence-corrected chi connectivity index (χ2v) is 6.13. The molecule has 2 aromatic rings. The van der Waals surface area contributed by atoms with E-state index in [2.05, 4.69) is 10.6 Å². The Hall–Kier alpha value is -2.64. The largest absolute Gasteiger partial charge is 0.467 e. The summed E-state index contributed by atoms with van der Waals surface area (Å²) in [6.07, 6.45) is -0.916. The number of alkyl halides is 3. The molecule has 0 unspecified atom stereocenters. The average Bonchev–Trinajstić information content (AvgIpc) is 3.30. The van der Waals surface area contributed by atoms with Crippen molar-refractivity contribution in [2.75, 3.05) is 29.9 Å². The van der Waals surface area contributed by atoms with Gasteiger partial charge in [-0.05, 0) is 43.2 Å². The summed E-state index contributed by atoms with van der Waals surface area (Å²) >= 11 is 0. The van der Waals surface area contributed by atoms with Crippen LogP contribution in [0, 0.1) is 0 Å². The minimum atomic E-state index is -4.43. The maximum atomic E-state index is 13.0. The van der Waals surface area contributed by atoms with E-state index >= 15 is 0 Å². The molecule has 2 N–H and O–H groups in total. The van der Waals surface area contributed by atoms with Gasteiger partial charge in [-0.15, -0.1) is 0 Å². The number of nitrogens with zero attached hydrogens (tertiary/aromatic N) is 1. The molecule has 0 radical (unpaired) electrons. The van der Waals surface area contributed by atoms with Crippen molar-refractivity contribution >= 4 is 17.3 Å². The lowest BCUT2D eigenvalue weighted by Crippen LogP contribution is -2.30. The number of hydrogen-bond donors (Lipinski definition) is 2. The molecule has 1 aromatic heterocycles. The molecule has 1 amide bonds. The van der Waals surface area contributed by atoms with E-state index in [1.165, 1.54) is 12.3 Å². The Labute approximate surface area is 149 Å². The first-order valence-electron chi connectivity index (χ1n) is 8.42. The van der Waals surface area contributed by atoms with Crippen LogP contribution < -0.4 is 15.5 Å². The topological polar surface area (TPSA) is 57.5 Å². The molecule has 1 aromatic carbocycles. The van der Waals surface area contributed by atoms with Crippen LogP contribution in [0.3, 0.4) is 0 Å². The van der Waals surface area contributed by atoms with Crippen LogP contribution in [0.5, 0.6) is 0 Å². The Balaban J connectivity index is 1.68. The highest BCUT2D eigenvalue weighted by Crippen LogP contribution is 2.36. The number of benzene rings is 1. The molecule has 140 valence electrons. The van der Waals surface area contributed by atoms with Crippen LogP contribution in [0.25, 0.3) is 0 Å². The van der Waals surface area contributed by atoms with Gasteiger partial charge < -0.3 is 20.0 Å². The Morgan fingerprint density at radius 2 is 1.96 bits per heavy atom. The summed E-state index contributed by atoms with van der Waals surface area (Å²) in [5, 5.41) is 5.51. The molecule has 0 spiro atoms. The number of nitrogens with one attached hydrogen (secondary N) is 2. The Kier molecular flexibility index (Phi) is 5.39. The van der Waals surface area contributed by atoms with Crippen LogP contribution in [0.2, 0.25) is 0 Å². The maximum absolute atomic E-state index is 13.0. The van der Waals surface area contributed by atoms with Crippen molar-refractivity contribution in [1.29, 1.82) is 0 Å². The standard InChI is InChI=1S/C18H20F3N3O2/c19-18(20,21)13-5-6-16(24-7-1-2-8-24)15(10-13)22-12-17(25)23-11-14-4-3-9-26-14/h3-6,9-10,22H,1-2,7-8,11-12H2,(H,23,25). The number of amides is 1. The van der Waals surface area contributed by atoms with Crippen LogP contribution in [0.15, 0.2) is 41.0 Å². The van der Waals surface area contributed by atoms with E-state index in [0.717, 1.165) is 38.1 Å². The molecule has 1 fully saturated rings. The molecule has 1 saturated heterocycles. The zero-order valence-corrected chi connectivity index (χ0v) is 14.1. The van der Waals surface area contributed by atoms with Crippen molar-refractivity contribution in [3.63, 3.8) is 0 Å². The lowest BCUT2D eigenvalue weighted by molar-refractivity contribution is -0.137. The number of carbonyl (C=O) groups excluding carboxylic acids is 1. The minimum absolute atomic E-state index is 0.122. The van der Waals surface area contributed by atoms with Gasteiger partial charge in [-0.2, -0.15) is 13.2 Å². The van der Waals surface area contributed by atoms with Gasteiger partial charge in [-0.25, -0.2) is 0 Å². The Morgan fingerprint density at radius 3 is 2.62 bits per heavy atom. The van der Waals surface area contributed by atoms with Crippen molar-refractivity contribution in [2.24, 2.45) is 0 Å². The molecule has 1 aliphatic rings. The van der Waals surface area contributed by atoms with Gasteiger partial charge in [0.05, 0.1) is 36.3 Å². The first kappa shape index (κ1) is 18.2. The molecule has 3 rings (SSSR count). The van der Waals surface area contributed by atoms with E-state index in [4.69, 9.17) is 4.42 Å². The Bertz CT molecular complexity index is 739. The SMILES string of the molecule is O=C(CNc1cc(C(F)(F)F)ccc1N1CCCC1)NCc1ccco1. The molecule has 5 nitrogen and oxygen atoms in total. The van der Waals surface area contributed by atoms with Crippen LogP contribution in [-0.4, -0.2) is 25.5 Å². The summed E-state index contributed by atoms with van der Waals surface area (Å²) in [6.45, 7) is 1.70. The molecule has 0 bridgehead atoms. The normalized spacial score (nSPS) is 14.5. The fourth-order valence-corrected chi connectivity index (χ4v) is 2.92. The maximum Gasteiger partial charge on any atom is 0.416 e. The smallest absolute Gasteiger partial charge is 0.416 e. The quantitative estimate of drug-likeness (QED) is 0.819. The summed E-state index contributed by atoms with van der Waals surface area (Å²) in [5.74, 6) is 0.279. The van der Waals surface area contributed by atoms with E-state index in [0.29, 0.717) is 17.1 Å². The molecular formula is C18H20F3N3O2. The van der Waals surface area contributed by atoms with Crippen LogP contribution in [0.4, 0.5) is 24.5 Å². The summed E-state index contributed by atoms with van der Waals surface area (Å²) < 4.78 is 44.2. The summed E-state index contributed by atoms with van der Waals surface area (Å²) in [4.78, 5) is 14.0. The summed E-state index contributed by atoms with van der Waals surface area (Å²) in [7, 11) is 0. The van der Waals surface area contributed by atoms with Gasteiger partial charge in [-0.3, -0.25) is 4.79 Å². The molecular weight excluding hydrogens is 347 g/mol. The van der Waals surface area contributed by atoms with Crippen LogP contribution in [0.1, 0.15) is 24.2 Å². The van der Waals surface area contributed by atoms with Crippen molar-refractivity contribution in [1.82, 2.24) is 5.32 Å². The predicted octanol–water partition coefficient (Wildman–Crippen LogP) is 3.63. The second kappa shape index (κ2) is 7.72. The first-order chi connectivity index (χ1) is 12.4. The van der Waals surface area contributed by atoms with E-state index < -0.39 is 11.7 Å². The minimum Gasteiger partial charge on any atom is -0.467 e. The predicted molar refractivity (Wildman–Crippen MR) is 91.9 cm³/mol. The van der Waals surface area contributed by atoms with Crippen molar-refractivity contribution in [2.45, 2.75) is 25.6 Å². The fourth-order valence-electron chi connectivity index (χ4n) is 2.92. The highest BCUT2D eigenvalue weighted by Gasteiger charge is 2.31. The molecule has 0 saturated carbocycles. The van der Waals surface area contributed by atoms with Crippen LogP contribution >= 0.6 is 0 Å². The third-order valence-corrected chi connectivity index (χ3v) is 4.25. The number of furan rings is 1. The third-order valence-electron chi connectivity index (χ3n) is 4.25. The van der Waals surface area contributed by atoms with Gasteiger partial charge in [-0.1, -0.05) is 0 Å². The number of anilines is 2. The van der Waals surface area contributed by atoms with Gasteiger partial charge in [0, 0.05) is 13.1 Å². The molecule has 0 aliphatic carbocycles. The van der Waals surface area contributed by atoms with Crippen molar-refractivity contribution in [3.05, 3.63) is 47.9 Å². The molecule has 26 heavy (non-hydrogen) atoms. The lowest BCUT2D eigenvalue weighted by Gasteiger charge is -2.23. The first-order valence-corrected chi connectivity index (χ1v) is 8.42. The van der Waals surface area contributed by atoms with Gasteiger partial charge in [0.2, 0.25) is 5.91 Å². The van der Waals surface area contributed by atoms with E-state index in [9.17, 15) is 18.0 Å². The highest BCUT2D eigenvalue weighted by atomic mass is 19.4. The zero-order valence-electron chi connectivity index (χ0n) is 14.1. The van der Waals surface area contributed by atoms with E-state index in [1.54, 1.807) is 12.1 Å². The fraction of sp³-hybridized carbons (Fsp3) is 0.389. The van der Waals surface area contributed by atoms with E-state index in [-0.39, 0.29) is 19.0 Å². The Morgan fingerprint density at radius 1 is 1.19 bits per heavy atom. The van der Waals surface area contributed by atoms with Gasteiger partial charge in [0.1, 0.15) is 5.76 Å². The average molecular weight is 367 g/mol. The molecule has 1 aliphatic heterocycles. The van der Waals surface area contributed by atoms with Gasteiger partial charge >= 0.3 is 6.18 Å². The number of carbonyl (C=O) groups is 1.